The van der Waals surface area contributed by atoms with Crippen LogP contribution in [0.15, 0.2) is 18.2 Å². The van der Waals surface area contributed by atoms with Gasteiger partial charge >= 0.3 is 0 Å². The van der Waals surface area contributed by atoms with Crippen LogP contribution >= 0.6 is 0 Å². The number of fused-ring (bicyclic) bond motifs is 4. The van der Waals surface area contributed by atoms with Gasteiger partial charge in [-0.1, -0.05) is 12.1 Å². The van der Waals surface area contributed by atoms with E-state index in [-0.39, 0.29) is 0 Å². The fraction of sp³-hybridized carbons (Fsp3) is 0.700. The Morgan fingerprint density at radius 1 is 1.04 bits per heavy atom. The van der Waals surface area contributed by atoms with Gasteiger partial charge in [0.1, 0.15) is 12.4 Å². The zero-order chi connectivity index (χ0) is 16.9. The molecule has 0 aliphatic carbocycles. The lowest BCUT2D eigenvalue weighted by Crippen LogP contribution is -2.45. The molecule has 3 aliphatic rings. The van der Waals surface area contributed by atoms with Gasteiger partial charge in [-0.2, -0.15) is 0 Å². The molecule has 4 heteroatoms. The van der Waals surface area contributed by atoms with Crippen LogP contribution in [-0.4, -0.2) is 68.9 Å². The molecule has 3 heterocycles. The van der Waals surface area contributed by atoms with Gasteiger partial charge in [0.2, 0.25) is 0 Å². The first-order valence-electron chi connectivity index (χ1n) is 9.31. The predicted molar refractivity (Wildman–Crippen MR) is 97.8 cm³/mol. The van der Waals surface area contributed by atoms with Gasteiger partial charge in [-0.15, -0.1) is 0 Å². The third-order valence-corrected chi connectivity index (χ3v) is 5.71. The van der Waals surface area contributed by atoms with Crippen molar-refractivity contribution in [3.8, 4) is 5.75 Å². The molecular weight excluding hydrogens is 300 g/mol. The Balaban J connectivity index is 1.50. The molecule has 2 bridgehead atoms. The summed E-state index contributed by atoms with van der Waals surface area (Å²) in [5.41, 5.74) is 2.56. The number of hydrogen-bond acceptors (Lipinski definition) is 4. The van der Waals surface area contributed by atoms with E-state index in [9.17, 15) is 0 Å². The average Bonchev–Trinajstić information content (AvgIpc) is 2.87. The number of benzene rings is 1. The van der Waals surface area contributed by atoms with Crippen LogP contribution in [-0.2, 0) is 4.74 Å². The second kappa shape index (κ2) is 8.32. The number of ether oxygens (including phenoxy) is 2. The van der Waals surface area contributed by atoms with Crippen molar-refractivity contribution in [2.24, 2.45) is 5.92 Å². The molecule has 3 saturated heterocycles. The minimum atomic E-state index is 0.694. The molecule has 2 atom stereocenters. The molecule has 24 heavy (non-hydrogen) atoms. The van der Waals surface area contributed by atoms with E-state index in [0.29, 0.717) is 6.04 Å². The van der Waals surface area contributed by atoms with Crippen molar-refractivity contribution in [2.75, 3.05) is 53.0 Å². The number of hydrogen-bond donors (Lipinski definition) is 0. The van der Waals surface area contributed by atoms with E-state index in [1.54, 1.807) is 7.11 Å². The molecule has 0 unspecified atom stereocenters. The van der Waals surface area contributed by atoms with Crippen LogP contribution in [0.25, 0.3) is 0 Å². The minimum absolute atomic E-state index is 0.694. The van der Waals surface area contributed by atoms with Gasteiger partial charge in [-0.25, -0.2) is 0 Å². The van der Waals surface area contributed by atoms with Crippen molar-refractivity contribution in [1.29, 1.82) is 0 Å². The average molecular weight is 332 g/mol. The van der Waals surface area contributed by atoms with Crippen LogP contribution < -0.4 is 4.74 Å². The lowest BCUT2D eigenvalue weighted by atomic mass is 9.95. The van der Waals surface area contributed by atoms with Crippen molar-refractivity contribution in [3.05, 3.63) is 29.3 Å². The SMILES string of the molecule is COCCN1C[C@H]2CC[C@@H]1CN(CCOc1cccc(C)c1C)C2. The smallest absolute Gasteiger partial charge is 0.122 e. The highest BCUT2D eigenvalue weighted by molar-refractivity contribution is 5.38. The summed E-state index contributed by atoms with van der Waals surface area (Å²) in [6.07, 6.45) is 2.71. The number of methoxy groups -OCH3 is 1. The molecule has 0 amide bonds. The minimum Gasteiger partial charge on any atom is -0.492 e. The Labute approximate surface area is 146 Å². The second-order valence-electron chi connectivity index (χ2n) is 7.39. The van der Waals surface area contributed by atoms with E-state index in [1.165, 1.54) is 43.6 Å². The first kappa shape index (κ1) is 17.7. The number of nitrogens with zero attached hydrogens (tertiary/aromatic N) is 2. The molecule has 4 rings (SSSR count). The number of piperidine rings is 1. The molecule has 0 spiro atoms. The number of rotatable bonds is 7. The van der Waals surface area contributed by atoms with Gasteiger partial charge in [-0.05, 0) is 49.8 Å². The second-order valence-corrected chi connectivity index (χ2v) is 7.39. The standard InChI is InChI=1S/C20H32N2O2/c1-16-5-4-6-20(17(16)2)24-12-9-21-13-18-7-8-19(15-21)22(14-18)10-11-23-3/h4-6,18-19H,7-15H2,1-3H3/t18-,19+/m0/s1. The molecule has 0 saturated carbocycles. The van der Waals surface area contributed by atoms with Crippen molar-refractivity contribution in [3.63, 3.8) is 0 Å². The van der Waals surface area contributed by atoms with Gasteiger partial charge in [-0.3, -0.25) is 9.80 Å². The predicted octanol–water partition coefficient (Wildman–Crippen LogP) is 2.72. The van der Waals surface area contributed by atoms with Gasteiger partial charge < -0.3 is 9.47 Å². The van der Waals surface area contributed by atoms with Crippen LogP contribution in [0.3, 0.4) is 0 Å². The van der Waals surface area contributed by atoms with E-state index >= 15 is 0 Å². The van der Waals surface area contributed by atoms with E-state index in [0.717, 1.165) is 38.0 Å². The maximum absolute atomic E-state index is 6.07. The van der Waals surface area contributed by atoms with Gasteiger partial charge in [0.05, 0.1) is 6.61 Å². The van der Waals surface area contributed by atoms with Gasteiger partial charge in [0.25, 0.3) is 0 Å². The summed E-state index contributed by atoms with van der Waals surface area (Å²) in [6.45, 7) is 11.6. The molecular formula is C20H32N2O2. The van der Waals surface area contributed by atoms with Crippen LogP contribution in [0.1, 0.15) is 24.0 Å². The van der Waals surface area contributed by atoms with Crippen molar-refractivity contribution >= 4 is 0 Å². The lowest BCUT2D eigenvalue weighted by Gasteiger charge is -2.35. The van der Waals surface area contributed by atoms with Crippen LogP contribution in [0.4, 0.5) is 0 Å². The van der Waals surface area contributed by atoms with E-state index < -0.39 is 0 Å². The largest absolute Gasteiger partial charge is 0.492 e. The Morgan fingerprint density at radius 2 is 1.92 bits per heavy atom. The molecule has 4 nitrogen and oxygen atoms in total. The van der Waals surface area contributed by atoms with Crippen molar-refractivity contribution in [1.82, 2.24) is 9.80 Å². The molecule has 0 aromatic heterocycles. The van der Waals surface area contributed by atoms with Gasteiger partial charge in [0.15, 0.2) is 0 Å². The molecule has 0 N–H and O–H groups in total. The Bertz CT molecular complexity index is 534. The highest BCUT2D eigenvalue weighted by Gasteiger charge is 2.34. The molecule has 1 aromatic rings. The molecule has 1 aromatic carbocycles. The quantitative estimate of drug-likeness (QED) is 0.766. The summed E-state index contributed by atoms with van der Waals surface area (Å²) in [5, 5.41) is 0. The summed E-state index contributed by atoms with van der Waals surface area (Å²) in [6, 6.07) is 7.00. The fourth-order valence-corrected chi connectivity index (χ4v) is 4.11. The first-order chi connectivity index (χ1) is 11.7. The first-order valence-corrected chi connectivity index (χ1v) is 9.31. The van der Waals surface area contributed by atoms with E-state index in [2.05, 4.69) is 41.8 Å². The fourth-order valence-electron chi connectivity index (χ4n) is 4.11. The molecule has 3 aliphatic heterocycles. The zero-order valence-electron chi connectivity index (χ0n) is 15.5. The van der Waals surface area contributed by atoms with Gasteiger partial charge in [0, 0.05) is 45.9 Å². The summed E-state index contributed by atoms with van der Waals surface area (Å²) in [5.74, 6) is 1.84. The normalized spacial score (nSPS) is 25.0. The maximum Gasteiger partial charge on any atom is 0.122 e. The Hall–Kier alpha value is -1.10. The van der Waals surface area contributed by atoms with Crippen LogP contribution in [0, 0.1) is 19.8 Å². The maximum atomic E-state index is 6.07. The third kappa shape index (κ3) is 4.29. The molecule has 134 valence electrons. The summed E-state index contributed by atoms with van der Waals surface area (Å²) < 4.78 is 11.3. The Kier molecular flexibility index (Phi) is 6.14. The molecule has 3 fully saturated rings. The zero-order valence-corrected chi connectivity index (χ0v) is 15.5. The highest BCUT2D eigenvalue weighted by Crippen LogP contribution is 2.27. The summed E-state index contributed by atoms with van der Waals surface area (Å²) >= 11 is 0. The van der Waals surface area contributed by atoms with Crippen molar-refractivity contribution < 1.29 is 9.47 Å². The van der Waals surface area contributed by atoms with Crippen molar-refractivity contribution in [2.45, 2.75) is 32.7 Å². The summed E-state index contributed by atoms with van der Waals surface area (Å²) in [4.78, 5) is 5.25. The topological polar surface area (TPSA) is 24.9 Å². The van der Waals surface area contributed by atoms with E-state index in [4.69, 9.17) is 9.47 Å². The third-order valence-electron chi connectivity index (χ3n) is 5.71. The molecule has 0 radical (unpaired) electrons. The lowest BCUT2D eigenvalue weighted by molar-refractivity contribution is 0.0865. The number of aryl methyl sites for hydroxylation is 1. The van der Waals surface area contributed by atoms with Crippen LogP contribution in [0.2, 0.25) is 0 Å². The Morgan fingerprint density at radius 3 is 2.75 bits per heavy atom. The van der Waals surface area contributed by atoms with Crippen LogP contribution in [0.5, 0.6) is 5.75 Å². The summed E-state index contributed by atoms with van der Waals surface area (Å²) in [7, 11) is 1.80. The van der Waals surface area contributed by atoms with E-state index in [1.807, 2.05) is 0 Å². The monoisotopic (exact) mass is 332 g/mol. The highest BCUT2D eigenvalue weighted by atomic mass is 16.5.